The number of benzene rings is 2. The molecule has 0 aliphatic heterocycles. The van der Waals surface area contributed by atoms with Crippen molar-refractivity contribution in [2.24, 2.45) is 0 Å². The molecular weight excluding hydrogens is 358 g/mol. The molecule has 0 aliphatic carbocycles. The summed E-state index contributed by atoms with van der Waals surface area (Å²) in [5.74, 6) is -0.286. The number of hydrogen-bond acceptors (Lipinski definition) is 4. The first-order chi connectivity index (χ1) is 12.8. The minimum atomic E-state index is -0.501. The van der Waals surface area contributed by atoms with Crippen LogP contribution in [-0.2, 0) is 9.53 Å². The van der Waals surface area contributed by atoms with E-state index >= 15 is 0 Å². The lowest BCUT2D eigenvalue weighted by molar-refractivity contribution is -0.119. The van der Waals surface area contributed by atoms with Gasteiger partial charge in [0.15, 0.2) is 6.61 Å². The fourth-order valence-electron chi connectivity index (χ4n) is 2.81. The Morgan fingerprint density at radius 3 is 2.00 bits per heavy atom. The van der Waals surface area contributed by atoms with Gasteiger partial charge in [-0.1, -0.05) is 45.9 Å². The van der Waals surface area contributed by atoms with Crippen LogP contribution in [0.3, 0.4) is 0 Å². The number of nitrogens with one attached hydrogen (secondary N) is 1. The second-order valence-corrected chi connectivity index (χ2v) is 7.85. The normalized spacial score (nSPS) is 10.9. The van der Waals surface area contributed by atoms with E-state index in [2.05, 4.69) is 33.0 Å². The summed E-state index contributed by atoms with van der Waals surface area (Å²) in [5.41, 5.74) is 3.42. The molecule has 2 aromatic rings. The predicted octanol–water partition coefficient (Wildman–Crippen LogP) is 5.45. The van der Waals surface area contributed by atoms with Crippen LogP contribution in [0.4, 0.5) is 5.69 Å². The molecule has 0 unspecified atom stereocenters. The minimum Gasteiger partial charge on any atom is -0.452 e. The van der Waals surface area contributed by atoms with Gasteiger partial charge >= 0.3 is 5.97 Å². The van der Waals surface area contributed by atoms with Crippen molar-refractivity contribution >= 4 is 29.3 Å². The number of rotatable bonds is 7. The Balaban J connectivity index is 2.06. The van der Waals surface area contributed by atoms with Gasteiger partial charge in [0.1, 0.15) is 0 Å². The van der Waals surface area contributed by atoms with Gasteiger partial charge in [0.25, 0.3) is 5.91 Å². The molecule has 2 rings (SSSR count). The number of anilines is 1. The Labute approximate surface area is 165 Å². The van der Waals surface area contributed by atoms with E-state index in [0.717, 1.165) is 21.7 Å². The molecule has 0 aliphatic rings. The summed E-state index contributed by atoms with van der Waals surface area (Å²) in [6.07, 6.45) is 1.97. The summed E-state index contributed by atoms with van der Waals surface area (Å²) in [6, 6.07) is 13.2. The molecule has 0 fully saturated rings. The van der Waals surface area contributed by atoms with Crippen molar-refractivity contribution in [2.45, 2.75) is 44.4 Å². The number of amides is 1. The fraction of sp³-hybridized carbons (Fsp3) is 0.364. The first-order valence-electron chi connectivity index (χ1n) is 9.07. The standard InChI is InChI=1S/C22H27NO3S/c1-14(2)18-7-6-8-19(15(3)4)21(18)23-20(24)13-26-22(25)16-9-11-17(27-5)12-10-16/h6-12,14-15H,13H2,1-5H3,(H,23,24). The zero-order valence-electron chi connectivity index (χ0n) is 16.5. The average molecular weight is 386 g/mol. The SMILES string of the molecule is CSc1ccc(C(=O)OCC(=O)Nc2c(C(C)C)cccc2C(C)C)cc1. The van der Waals surface area contributed by atoms with Crippen LogP contribution in [-0.4, -0.2) is 24.7 Å². The molecule has 0 saturated heterocycles. The molecule has 0 aromatic heterocycles. The number of carbonyl (C=O) groups is 2. The third-order valence-corrected chi connectivity index (χ3v) is 5.04. The number of esters is 1. The Kier molecular flexibility index (Phi) is 7.48. The zero-order valence-corrected chi connectivity index (χ0v) is 17.4. The monoisotopic (exact) mass is 385 g/mol. The molecule has 144 valence electrons. The fourth-order valence-corrected chi connectivity index (χ4v) is 3.22. The summed E-state index contributed by atoms with van der Waals surface area (Å²) in [5, 5.41) is 2.95. The van der Waals surface area contributed by atoms with Crippen molar-refractivity contribution in [2.75, 3.05) is 18.2 Å². The Hall–Kier alpha value is -2.27. The van der Waals surface area contributed by atoms with Crippen LogP contribution < -0.4 is 5.32 Å². The van der Waals surface area contributed by atoms with Gasteiger partial charge in [-0.3, -0.25) is 4.79 Å². The lowest BCUT2D eigenvalue weighted by Gasteiger charge is -2.20. The van der Waals surface area contributed by atoms with Crippen LogP contribution in [0.15, 0.2) is 47.4 Å². The summed E-state index contributed by atoms with van der Waals surface area (Å²) < 4.78 is 5.18. The molecule has 1 N–H and O–H groups in total. The Bertz CT molecular complexity index is 771. The Morgan fingerprint density at radius 2 is 1.52 bits per heavy atom. The topological polar surface area (TPSA) is 55.4 Å². The van der Waals surface area contributed by atoms with E-state index < -0.39 is 5.97 Å². The van der Waals surface area contributed by atoms with Crippen LogP contribution in [0.1, 0.15) is 61.0 Å². The molecule has 0 radical (unpaired) electrons. The zero-order chi connectivity index (χ0) is 20.0. The highest BCUT2D eigenvalue weighted by molar-refractivity contribution is 7.98. The van der Waals surface area contributed by atoms with Gasteiger partial charge in [-0.2, -0.15) is 0 Å². The van der Waals surface area contributed by atoms with Crippen LogP contribution in [0.25, 0.3) is 0 Å². The molecule has 2 aromatic carbocycles. The first kappa shape index (κ1) is 21.0. The molecule has 4 nitrogen and oxygen atoms in total. The average Bonchev–Trinajstić information content (AvgIpc) is 2.65. The summed E-state index contributed by atoms with van der Waals surface area (Å²) >= 11 is 1.60. The van der Waals surface area contributed by atoms with Gasteiger partial charge in [-0.05, 0) is 53.5 Å². The third-order valence-electron chi connectivity index (χ3n) is 4.30. The minimum absolute atomic E-state index is 0.275. The highest BCUT2D eigenvalue weighted by Crippen LogP contribution is 2.32. The Morgan fingerprint density at radius 1 is 0.963 bits per heavy atom. The van der Waals surface area contributed by atoms with E-state index in [4.69, 9.17) is 4.74 Å². The number of hydrogen-bond donors (Lipinski definition) is 1. The smallest absolute Gasteiger partial charge is 0.338 e. The van der Waals surface area contributed by atoms with E-state index in [9.17, 15) is 9.59 Å². The molecule has 0 saturated carbocycles. The van der Waals surface area contributed by atoms with E-state index in [1.807, 2.05) is 36.6 Å². The van der Waals surface area contributed by atoms with Gasteiger partial charge in [0, 0.05) is 10.6 Å². The molecule has 27 heavy (non-hydrogen) atoms. The molecular formula is C22H27NO3S. The lowest BCUT2D eigenvalue weighted by atomic mass is 9.92. The number of thioether (sulfide) groups is 1. The van der Waals surface area contributed by atoms with Gasteiger partial charge < -0.3 is 10.1 Å². The summed E-state index contributed by atoms with van der Waals surface area (Å²) in [7, 11) is 0. The summed E-state index contributed by atoms with van der Waals surface area (Å²) in [4.78, 5) is 25.6. The van der Waals surface area contributed by atoms with E-state index in [-0.39, 0.29) is 24.3 Å². The quantitative estimate of drug-likeness (QED) is 0.508. The second-order valence-electron chi connectivity index (χ2n) is 6.97. The maximum atomic E-state index is 12.4. The lowest BCUT2D eigenvalue weighted by Crippen LogP contribution is -2.22. The van der Waals surface area contributed by atoms with Gasteiger partial charge in [0.2, 0.25) is 0 Å². The van der Waals surface area contributed by atoms with Crippen molar-refractivity contribution in [1.82, 2.24) is 0 Å². The highest BCUT2D eigenvalue weighted by atomic mass is 32.2. The van der Waals surface area contributed by atoms with Crippen molar-refractivity contribution in [1.29, 1.82) is 0 Å². The largest absolute Gasteiger partial charge is 0.452 e. The highest BCUT2D eigenvalue weighted by Gasteiger charge is 2.17. The van der Waals surface area contributed by atoms with Crippen LogP contribution in [0.5, 0.6) is 0 Å². The molecule has 0 atom stereocenters. The molecule has 0 bridgehead atoms. The molecule has 0 spiro atoms. The van der Waals surface area contributed by atoms with Crippen LogP contribution in [0.2, 0.25) is 0 Å². The van der Waals surface area contributed by atoms with Gasteiger partial charge in [-0.15, -0.1) is 11.8 Å². The van der Waals surface area contributed by atoms with Crippen LogP contribution in [0, 0.1) is 0 Å². The van der Waals surface area contributed by atoms with Crippen molar-refractivity contribution in [3.8, 4) is 0 Å². The maximum Gasteiger partial charge on any atom is 0.338 e. The van der Waals surface area contributed by atoms with Gasteiger partial charge in [-0.25, -0.2) is 4.79 Å². The maximum absolute atomic E-state index is 12.4. The molecule has 1 amide bonds. The van der Waals surface area contributed by atoms with E-state index in [0.29, 0.717) is 5.56 Å². The van der Waals surface area contributed by atoms with Gasteiger partial charge in [0.05, 0.1) is 5.56 Å². The van der Waals surface area contributed by atoms with E-state index in [1.54, 1.807) is 23.9 Å². The van der Waals surface area contributed by atoms with Crippen molar-refractivity contribution in [3.63, 3.8) is 0 Å². The molecule has 0 heterocycles. The predicted molar refractivity (Wildman–Crippen MR) is 112 cm³/mol. The second kappa shape index (κ2) is 9.60. The number of para-hydroxylation sites is 1. The number of ether oxygens (including phenoxy) is 1. The van der Waals surface area contributed by atoms with E-state index in [1.165, 1.54) is 0 Å². The van der Waals surface area contributed by atoms with Crippen LogP contribution >= 0.6 is 11.8 Å². The number of carbonyl (C=O) groups excluding carboxylic acids is 2. The van der Waals surface area contributed by atoms with Crippen molar-refractivity contribution in [3.05, 3.63) is 59.2 Å². The molecule has 5 heteroatoms. The first-order valence-corrected chi connectivity index (χ1v) is 10.3. The van der Waals surface area contributed by atoms with Crippen molar-refractivity contribution < 1.29 is 14.3 Å². The third kappa shape index (κ3) is 5.60. The summed E-state index contributed by atoms with van der Waals surface area (Å²) in [6.45, 7) is 8.05.